The predicted molar refractivity (Wildman–Crippen MR) is 69.1 cm³/mol. The molecule has 0 bridgehead atoms. The number of hydrogen-bond donors (Lipinski definition) is 2. The molecule has 1 unspecified atom stereocenters. The van der Waals surface area contributed by atoms with Crippen molar-refractivity contribution in [3.05, 3.63) is 24.2 Å². The van der Waals surface area contributed by atoms with Crippen molar-refractivity contribution in [3.63, 3.8) is 0 Å². The number of morpholine rings is 1. The number of nitrogens with one attached hydrogen (secondary N) is 2. The number of rotatable bonds is 3. The summed E-state index contributed by atoms with van der Waals surface area (Å²) in [7, 11) is 0. The molecule has 0 aliphatic carbocycles. The summed E-state index contributed by atoms with van der Waals surface area (Å²) in [4.78, 5) is 4.07. The van der Waals surface area contributed by atoms with Crippen LogP contribution in [0.15, 0.2) is 18.5 Å². The zero-order valence-corrected chi connectivity index (χ0v) is 11.0. The second kappa shape index (κ2) is 5.49. The van der Waals surface area contributed by atoms with E-state index in [2.05, 4.69) is 20.7 Å². The molecule has 1 aliphatic rings. The maximum atomic E-state index is 12.7. The molecule has 1 saturated heterocycles. The van der Waals surface area contributed by atoms with E-state index in [9.17, 15) is 13.2 Å². The summed E-state index contributed by atoms with van der Waals surface area (Å²) in [5, 5.41) is 9.71. The van der Waals surface area contributed by atoms with Crippen LogP contribution in [0.4, 0.5) is 19.0 Å². The van der Waals surface area contributed by atoms with Gasteiger partial charge in [-0.2, -0.15) is 18.3 Å². The lowest BCUT2D eigenvalue weighted by atomic mass is 10.3. The third kappa shape index (κ3) is 3.08. The first kappa shape index (κ1) is 14.1. The number of ether oxygens (including phenoxy) is 1. The fraction of sp³-hybridized carbons (Fsp3) is 0.500. The van der Waals surface area contributed by atoms with E-state index in [0.717, 1.165) is 17.1 Å². The fourth-order valence-corrected chi connectivity index (χ4v) is 2.16. The van der Waals surface area contributed by atoms with Gasteiger partial charge in [0.05, 0.1) is 12.7 Å². The minimum absolute atomic E-state index is 0.0363. The third-order valence-corrected chi connectivity index (χ3v) is 3.18. The Morgan fingerprint density at radius 3 is 3.05 bits per heavy atom. The number of halogens is 3. The Balaban J connectivity index is 1.79. The van der Waals surface area contributed by atoms with Crippen molar-refractivity contribution < 1.29 is 17.9 Å². The number of fused-ring (bicyclic) bond motifs is 1. The fourth-order valence-electron chi connectivity index (χ4n) is 2.16. The second-order valence-corrected chi connectivity index (χ2v) is 4.71. The summed E-state index contributed by atoms with van der Waals surface area (Å²) in [5.74, 6) is 0.356. The SMILES string of the molecule is FC(F)(F)c1cc2c(NCC3CNCCO3)nccn2n1. The number of anilines is 1. The normalized spacial score (nSPS) is 19.9. The highest BCUT2D eigenvalue weighted by Gasteiger charge is 2.34. The van der Waals surface area contributed by atoms with Gasteiger partial charge in [0.2, 0.25) is 0 Å². The van der Waals surface area contributed by atoms with Crippen LogP contribution < -0.4 is 10.6 Å². The minimum Gasteiger partial charge on any atom is -0.374 e. The molecule has 1 atom stereocenters. The van der Waals surface area contributed by atoms with Gasteiger partial charge in [0.25, 0.3) is 0 Å². The molecule has 2 aromatic heterocycles. The number of alkyl halides is 3. The van der Waals surface area contributed by atoms with Crippen molar-refractivity contribution in [1.82, 2.24) is 19.9 Å². The van der Waals surface area contributed by atoms with Crippen LogP contribution in [0, 0.1) is 0 Å². The molecule has 21 heavy (non-hydrogen) atoms. The number of hydrogen-bond acceptors (Lipinski definition) is 5. The zero-order valence-electron chi connectivity index (χ0n) is 11.0. The Bertz CT molecular complexity index is 621. The molecule has 3 heterocycles. The second-order valence-electron chi connectivity index (χ2n) is 4.71. The summed E-state index contributed by atoms with van der Waals surface area (Å²) >= 11 is 0. The highest BCUT2D eigenvalue weighted by Crippen LogP contribution is 2.29. The van der Waals surface area contributed by atoms with Crippen LogP contribution in [-0.2, 0) is 10.9 Å². The standard InChI is InChI=1S/C12H14F3N5O/c13-12(14,15)10-5-9-11(17-1-3-20(9)19-10)18-7-8-6-16-2-4-21-8/h1,3,5,8,16H,2,4,6-7H2,(H,17,18). The van der Waals surface area contributed by atoms with E-state index in [1.165, 1.54) is 12.4 Å². The zero-order chi connectivity index (χ0) is 14.9. The largest absolute Gasteiger partial charge is 0.435 e. The molecule has 0 saturated carbocycles. The summed E-state index contributed by atoms with van der Waals surface area (Å²) < 4.78 is 44.7. The molecular weight excluding hydrogens is 287 g/mol. The Labute approximate surface area is 118 Å². The van der Waals surface area contributed by atoms with Crippen LogP contribution in [0.25, 0.3) is 5.52 Å². The maximum absolute atomic E-state index is 12.7. The van der Waals surface area contributed by atoms with E-state index < -0.39 is 11.9 Å². The molecule has 9 heteroatoms. The molecule has 0 aromatic carbocycles. The third-order valence-electron chi connectivity index (χ3n) is 3.18. The molecule has 0 spiro atoms. The molecule has 2 aromatic rings. The monoisotopic (exact) mass is 301 g/mol. The molecule has 1 fully saturated rings. The molecule has 1 aliphatic heterocycles. The Morgan fingerprint density at radius 1 is 1.48 bits per heavy atom. The summed E-state index contributed by atoms with van der Waals surface area (Å²) in [6.45, 7) is 2.59. The Morgan fingerprint density at radius 2 is 2.33 bits per heavy atom. The minimum atomic E-state index is -4.47. The van der Waals surface area contributed by atoms with E-state index in [1.54, 1.807) is 0 Å². The van der Waals surface area contributed by atoms with E-state index in [-0.39, 0.29) is 11.6 Å². The van der Waals surface area contributed by atoms with E-state index in [1.807, 2.05) is 0 Å². The van der Waals surface area contributed by atoms with Gasteiger partial charge in [0.15, 0.2) is 11.5 Å². The first-order valence-electron chi connectivity index (χ1n) is 6.52. The molecule has 0 amide bonds. The Kier molecular flexibility index (Phi) is 3.68. The van der Waals surface area contributed by atoms with Crippen LogP contribution in [0.5, 0.6) is 0 Å². The van der Waals surface area contributed by atoms with Crippen LogP contribution >= 0.6 is 0 Å². The first-order valence-corrected chi connectivity index (χ1v) is 6.52. The van der Waals surface area contributed by atoms with Gasteiger partial charge in [-0.3, -0.25) is 0 Å². The smallest absolute Gasteiger partial charge is 0.374 e. The highest BCUT2D eigenvalue weighted by molar-refractivity contribution is 5.67. The van der Waals surface area contributed by atoms with Gasteiger partial charge < -0.3 is 15.4 Å². The molecule has 0 radical (unpaired) electrons. The quantitative estimate of drug-likeness (QED) is 0.890. The van der Waals surface area contributed by atoms with E-state index >= 15 is 0 Å². The van der Waals surface area contributed by atoms with Gasteiger partial charge in [0.1, 0.15) is 5.52 Å². The molecule has 3 rings (SSSR count). The average molecular weight is 301 g/mol. The van der Waals surface area contributed by atoms with Gasteiger partial charge in [-0.15, -0.1) is 0 Å². The van der Waals surface area contributed by atoms with Crippen molar-refractivity contribution in [2.45, 2.75) is 12.3 Å². The summed E-state index contributed by atoms with van der Waals surface area (Å²) in [6.07, 6.45) is -1.72. The van der Waals surface area contributed by atoms with Crippen molar-refractivity contribution in [3.8, 4) is 0 Å². The summed E-state index contributed by atoms with van der Waals surface area (Å²) in [6, 6.07) is 0.981. The predicted octanol–water partition coefficient (Wildman–Crippen LogP) is 1.15. The van der Waals surface area contributed by atoms with Crippen molar-refractivity contribution in [2.24, 2.45) is 0 Å². The van der Waals surface area contributed by atoms with Crippen molar-refractivity contribution in [2.75, 3.05) is 31.6 Å². The maximum Gasteiger partial charge on any atom is 0.435 e. The van der Waals surface area contributed by atoms with Crippen LogP contribution in [0.3, 0.4) is 0 Å². The molecular formula is C12H14F3N5O. The van der Waals surface area contributed by atoms with Crippen molar-refractivity contribution in [1.29, 1.82) is 0 Å². The Hall–Kier alpha value is -1.87. The number of aromatic nitrogens is 3. The van der Waals surface area contributed by atoms with Crippen LogP contribution in [0.1, 0.15) is 5.69 Å². The lowest BCUT2D eigenvalue weighted by Gasteiger charge is -2.24. The van der Waals surface area contributed by atoms with Crippen molar-refractivity contribution >= 4 is 11.3 Å². The van der Waals surface area contributed by atoms with E-state index in [0.29, 0.717) is 25.5 Å². The van der Waals surface area contributed by atoms with Gasteiger partial charge in [-0.1, -0.05) is 0 Å². The molecule has 114 valence electrons. The average Bonchev–Trinajstić information content (AvgIpc) is 2.91. The van der Waals surface area contributed by atoms with Gasteiger partial charge in [0, 0.05) is 38.1 Å². The first-order chi connectivity index (χ1) is 10.0. The topological polar surface area (TPSA) is 63.5 Å². The molecule has 6 nitrogen and oxygen atoms in total. The van der Waals surface area contributed by atoms with Gasteiger partial charge >= 0.3 is 6.18 Å². The number of nitrogens with zero attached hydrogens (tertiary/aromatic N) is 3. The summed E-state index contributed by atoms with van der Waals surface area (Å²) in [5.41, 5.74) is -0.650. The lowest BCUT2D eigenvalue weighted by Crippen LogP contribution is -2.42. The van der Waals surface area contributed by atoms with Crippen LogP contribution in [-0.4, -0.2) is 46.9 Å². The lowest BCUT2D eigenvalue weighted by molar-refractivity contribution is -0.141. The van der Waals surface area contributed by atoms with Gasteiger partial charge in [-0.05, 0) is 0 Å². The van der Waals surface area contributed by atoms with Crippen LogP contribution in [0.2, 0.25) is 0 Å². The van der Waals surface area contributed by atoms with E-state index in [4.69, 9.17) is 4.74 Å². The molecule has 2 N–H and O–H groups in total. The highest BCUT2D eigenvalue weighted by atomic mass is 19.4. The van der Waals surface area contributed by atoms with Gasteiger partial charge in [-0.25, -0.2) is 9.50 Å².